The average Bonchev–Trinajstić information content (AvgIpc) is 3.02. The second-order valence-electron chi connectivity index (χ2n) is 6.81. The molecule has 5 rings (SSSR count). The lowest BCUT2D eigenvalue weighted by Crippen LogP contribution is -3.00. The summed E-state index contributed by atoms with van der Waals surface area (Å²) in [7, 11) is 0. The molecule has 3 heterocycles. The minimum atomic E-state index is -4.35. The zero-order chi connectivity index (χ0) is 19.5. The van der Waals surface area contributed by atoms with Gasteiger partial charge in [-0.1, -0.05) is 30.3 Å². The Labute approximate surface area is 169 Å². The molecule has 0 fully saturated rings. The molecule has 29 heavy (non-hydrogen) atoms. The minimum Gasteiger partial charge on any atom is -1.00 e. The molecule has 0 radical (unpaired) electrons. The number of benzene rings is 2. The van der Waals surface area contributed by atoms with Crippen molar-refractivity contribution in [3.63, 3.8) is 0 Å². The first-order valence-electron chi connectivity index (χ1n) is 8.77. The molecule has 146 valence electrons. The first kappa shape index (κ1) is 19.2. The van der Waals surface area contributed by atoms with Crippen molar-refractivity contribution in [2.75, 3.05) is 0 Å². The van der Waals surface area contributed by atoms with E-state index in [1.807, 2.05) is 41.1 Å². The van der Waals surface area contributed by atoms with E-state index in [2.05, 4.69) is 0 Å². The van der Waals surface area contributed by atoms with Gasteiger partial charge in [0.2, 0.25) is 5.52 Å². The van der Waals surface area contributed by atoms with Crippen molar-refractivity contribution >= 4 is 27.3 Å². The Morgan fingerprint density at radius 2 is 1.59 bits per heavy atom. The molecule has 2 aromatic carbocycles. The van der Waals surface area contributed by atoms with Crippen LogP contribution >= 0.6 is 0 Å². The van der Waals surface area contributed by atoms with Crippen LogP contribution in [0.1, 0.15) is 11.1 Å². The van der Waals surface area contributed by atoms with Gasteiger partial charge in [-0.15, -0.1) is 0 Å². The Morgan fingerprint density at radius 1 is 0.862 bits per heavy atom. The highest BCUT2D eigenvalue weighted by molar-refractivity contribution is 6.11. The summed E-state index contributed by atoms with van der Waals surface area (Å²) < 4.78 is 42.0. The van der Waals surface area contributed by atoms with E-state index in [4.69, 9.17) is 0 Å². The van der Waals surface area contributed by atoms with Crippen molar-refractivity contribution in [1.29, 1.82) is 0 Å². The van der Waals surface area contributed by atoms with Gasteiger partial charge in [0.1, 0.15) is 5.52 Å². The largest absolute Gasteiger partial charge is 1.00 e. The molecule has 0 unspecified atom stereocenters. The second kappa shape index (κ2) is 6.74. The van der Waals surface area contributed by atoms with Crippen molar-refractivity contribution in [1.82, 2.24) is 4.40 Å². The van der Waals surface area contributed by atoms with Crippen LogP contribution in [0.3, 0.4) is 0 Å². The number of halogens is 4. The fourth-order valence-corrected chi connectivity index (χ4v) is 3.83. The third-order valence-electron chi connectivity index (χ3n) is 5.13. The van der Waals surface area contributed by atoms with E-state index in [-0.39, 0.29) is 18.0 Å². The average molecular weight is 415 g/mol. The topological polar surface area (TPSA) is 25.4 Å². The second-order valence-corrected chi connectivity index (χ2v) is 6.81. The van der Waals surface area contributed by atoms with Crippen molar-refractivity contribution in [2.45, 2.75) is 12.7 Å². The zero-order valence-corrected chi connectivity index (χ0v) is 15.7. The van der Waals surface area contributed by atoms with Crippen LogP contribution in [0.25, 0.3) is 27.3 Å². The van der Waals surface area contributed by atoms with E-state index >= 15 is 0 Å². The number of pyridine rings is 2. The van der Waals surface area contributed by atoms with Crippen LogP contribution in [0.5, 0.6) is 0 Å². The van der Waals surface area contributed by atoms with Gasteiger partial charge in [0, 0.05) is 34.5 Å². The van der Waals surface area contributed by atoms with E-state index in [9.17, 15) is 18.0 Å². The van der Waals surface area contributed by atoms with Crippen LogP contribution in [-0.4, -0.2) is 4.40 Å². The summed E-state index contributed by atoms with van der Waals surface area (Å²) in [5, 5.41) is 1.98. The van der Waals surface area contributed by atoms with Crippen LogP contribution in [0.2, 0.25) is 0 Å². The predicted molar refractivity (Wildman–Crippen MR) is 101 cm³/mol. The number of nitrogens with zero attached hydrogens (tertiary/aromatic N) is 2. The molecule has 0 bridgehead atoms. The van der Waals surface area contributed by atoms with Crippen molar-refractivity contribution in [3.05, 3.63) is 94.4 Å². The predicted octanol–water partition coefficient (Wildman–Crippen LogP) is 1.40. The van der Waals surface area contributed by atoms with Gasteiger partial charge in [-0.25, -0.2) is 0 Å². The Hall–Kier alpha value is -3.12. The number of para-hydroxylation sites is 1. The Balaban J connectivity index is 0.00000205. The van der Waals surface area contributed by atoms with Crippen LogP contribution in [0.4, 0.5) is 13.2 Å². The van der Waals surface area contributed by atoms with Crippen LogP contribution in [0, 0.1) is 0 Å². The van der Waals surface area contributed by atoms with Crippen LogP contribution < -0.4 is 22.5 Å². The highest BCUT2D eigenvalue weighted by Crippen LogP contribution is 2.30. The molecule has 0 N–H and O–H groups in total. The quantitative estimate of drug-likeness (QED) is 0.401. The number of rotatable bonds is 2. The van der Waals surface area contributed by atoms with Crippen LogP contribution in [0.15, 0.2) is 77.7 Å². The van der Waals surface area contributed by atoms with Gasteiger partial charge in [-0.3, -0.25) is 9.20 Å². The molecule has 0 aliphatic carbocycles. The first-order valence-corrected chi connectivity index (χ1v) is 8.77. The lowest BCUT2D eigenvalue weighted by Gasteiger charge is -2.07. The third kappa shape index (κ3) is 3.00. The van der Waals surface area contributed by atoms with Crippen LogP contribution in [-0.2, 0) is 12.7 Å². The van der Waals surface area contributed by atoms with E-state index < -0.39 is 11.7 Å². The SMILES string of the molecule is O=c1ccc2c3c(cc[n+]2Cc2ccc(C(F)(F)F)cc2)c2ccccc2n13.[Cl-]. The maximum atomic E-state index is 12.8. The van der Waals surface area contributed by atoms with Crippen molar-refractivity contribution in [2.24, 2.45) is 0 Å². The minimum absolute atomic E-state index is 0. The number of aromatic nitrogens is 2. The molecule has 0 amide bonds. The summed E-state index contributed by atoms with van der Waals surface area (Å²) >= 11 is 0. The summed E-state index contributed by atoms with van der Waals surface area (Å²) in [5.74, 6) is 0. The molecule has 5 aromatic rings. The Kier molecular flexibility index (Phi) is 4.46. The van der Waals surface area contributed by atoms with E-state index in [0.717, 1.165) is 45.0 Å². The molecule has 3 aromatic heterocycles. The lowest BCUT2D eigenvalue weighted by molar-refractivity contribution is -0.662. The molecule has 7 heteroatoms. The molecule has 0 atom stereocenters. The summed E-state index contributed by atoms with van der Waals surface area (Å²) in [6.07, 6.45) is -2.44. The molecule has 0 spiro atoms. The number of hydrogen-bond donors (Lipinski definition) is 0. The van der Waals surface area contributed by atoms with Gasteiger partial charge in [0.05, 0.1) is 11.1 Å². The van der Waals surface area contributed by atoms with Crippen molar-refractivity contribution in [3.8, 4) is 0 Å². The zero-order valence-electron chi connectivity index (χ0n) is 14.9. The van der Waals surface area contributed by atoms with Gasteiger partial charge >= 0.3 is 6.18 Å². The van der Waals surface area contributed by atoms with Gasteiger partial charge in [-0.2, -0.15) is 17.7 Å². The van der Waals surface area contributed by atoms with Gasteiger partial charge < -0.3 is 12.4 Å². The number of fused-ring (bicyclic) bond motifs is 3. The smallest absolute Gasteiger partial charge is 0.416 e. The highest BCUT2D eigenvalue weighted by atomic mass is 35.5. The summed E-state index contributed by atoms with van der Waals surface area (Å²) in [5.41, 5.74) is 2.51. The fourth-order valence-electron chi connectivity index (χ4n) is 3.83. The maximum absolute atomic E-state index is 12.8. The van der Waals surface area contributed by atoms with E-state index in [1.54, 1.807) is 10.5 Å². The fraction of sp³-hybridized carbons (Fsp3) is 0.0909. The molecule has 0 saturated heterocycles. The summed E-state index contributed by atoms with van der Waals surface area (Å²) in [6.45, 7) is 0.406. The normalized spacial score (nSPS) is 12.0. The van der Waals surface area contributed by atoms with Crippen molar-refractivity contribution < 1.29 is 30.1 Å². The van der Waals surface area contributed by atoms with E-state index in [1.165, 1.54) is 18.2 Å². The molecular weight excluding hydrogens is 401 g/mol. The van der Waals surface area contributed by atoms with Gasteiger partial charge in [0.25, 0.3) is 5.56 Å². The number of alkyl halides is 3. The Morgan fingerprint density at radius 3 is 2.31 bits per heavy atom. The summed E-state index contributed by atoms with van der Waals surface area (Å²) in [6, 6.07) is 18.1. The lowest BCUT2D eigenvalue weighted by atomic mass is 10.1. The van der Waals surface area contributed by atoms with Gasteiger partial charge in [-0.05, 0) is 18.2 Å². The third-order valence-corrected chi connectivity index (χ3v) is 5.13. The maximum Gasteiger partial charge on any atom is 0.416 e. The molecule has 0 aliphatic rings. The Bertz CT molecular complexity index is 1390. The molecule has 0 saturated carbocycles. The molecular formula is C22H14ClF3N2O. The first-order chi connectivity index (χ1) is 13.4. The van der Waals surface area contributed by atoms with Gasteiger partial charge in [0.15, 0.2) is 12.7 Å². The standard InChI is InChI=1S/C22H14F3N2O.ClH/c23-22(24,25)15-7-5-14(6-8-15)13-26-12-11-17-16-3-1-2-4-18(16)27-20(28)10-9-19(26)21(17)27;/h1-12H,13H2;1H/q+1;/p-1. The molecule has 0 aliphatic heterocycles. The number of hydrogen-bond acceptors (Lipinski definition) is 1. The summed E-state index contributed by atoms with van der Waals surface area (Å²) in [4.78, 5) is 12.5. The molecule has 3 nitrogen and oxygen atoms in total. The monoisotopic (exact) mass is 414 g/mol. The highest BCUT2D eigenvalue weighted by Gasteiger charge is 2.30. The van der Waals surface area contributed by atoms with E-state index in [0.29, 0.717) is 6.54 Å².